The molecule has 5 nitrogen and oxygen atoms in total. The first-order chi connectivity index (χ1) is 9.35. The van der Waals surface area contributed by atoms with Crippen molar-refractivity contribution >= 4 is 6.09 Å². The zero-order valence-corrected chi connectivity index (χ0v) is 12.7. The highest BCUT2D eigenvalue weighted by molar-refractivity contribution is 5.68. The van der Waals surface area contributed by atoms with Gasteiger partial charge < -0.3 is 19.4 Å². The second-order valence-corrected chi connectivity index (χ2v) is 6.24. The first-order valence-electron chi connectivity index (χ1n) is 7.12. The smallest absolute Gasteiger partial charge is 0.410 e. The average Bonchev–Trinajstić information content (AvgIpc) is 2.97. The molecule has 0 radical (unpaired) electrons. The van der Waals surface area contributed by atoms with Crippen molar-refractivity contribution in [1.29, 1.82) is 0 Å². The van der Waals surface area contributed by atoms with E-state index < -0.39 is 5.60 Å². The maximum Gasteiger partial charge on any atom is 0.410 e. The molecule has 1 aliphatic rings. The van der Waals surface area contributed by atoms with Crippen LogP contribution in [0.5, 0.6) is 0 Å². The van der Waals surface area contributed by atoms with Gasteiger partial charge >= 0.3 is 6.09 Å². The largest absolute Gasteiger partial charge is 0.444 e. The molecule has 1 fully saturated rings. The molecule has 20 heavy (non-hydrogen) atoms. The number of hydrogen-bond donors (Lipinski definition) is 1. The first-order valence-corrected chi connectivity index (χ1v) is 7.12. The molecule has 1 saturated heterocycles. The van der Waals surface area contributed by atoms with E-state index in [2.05, 4.69) is 4.98 Å². The Kier molecular flexibility index (Phi) is 4.38. The van der Waals surface area contributed by atoms with Crippen LogP contribution in [0.4, 0.5) is 4.79 Å². The summed E-state index contributed by atoms with van der Waals surface area (Å²) >= 11 is 0. The molecule has 0 aliphatic carbocycles. The van der Waals surface area contributed by atoms with E-state index >= 15 is 0 Å². The zero-order valence-electron chi connectivity index (χ0n) is 12.7. The average molecular weight is 280 g/mol. The minimum atomic E-state index is -0.451. The first kappa shape index (κ1) is 14.9. The minimum absolute atomic E-state index is 0.00795. The number of ether oxygens (including phenoxy) is 2. The molecule has 1 aromatic heterocycles. The number of H-pyrrole nitrogens is 1. The second-order valence-electron chi connectivity index (χ2n) is 6.24. The van der Waals surface area contributed by atoms with Crippen LogP contribution in [0.3, 0.4) is 0 Å². The maximum atomic E-state index is 12.0. The summed E-state index contributed by atoms with van der Waals surface area (Å²) < 4.78 is 11.4. The van der Waals surface area contributed by atoms with Gasteiger partial charge in [0.15, 0.2) is 0 Å². The third kappa shape index (κ3) is 4.00. The predicted octanol–water partition coefficient (Wildman–Crippen LogP) is 3.10. The van der Waals surface area contributed by atoms with E-state index in [1.165, 1.54) is 0 Å². The fourth-order valence-corrected chi connectivity index (χ4v) is 2.29. The van der Waals surface area contributed by atoms with Crippen molar-refractivity contribution in [2.45, 2.75) is 51.9 Å². The van der Waals surface area contributed by atoms with E-state index in [0.717, 1.165) is 12.1 Å². The van der Waals surface area contributed by atoms with Gasteiger partial charge in [-0.2, -0.15) is 0 Å². The summed E-state index contributed by atoms with van der Waals surface area (Å²) in [7, 11) is 0. The highest BCUT2D eigenvalue weighted by Crippen LogP contribution is 2.23. The Labute approximate surface area is 120 Å². The van der Waals surface area contributed by atoms with Gasteiger partial charge in [-0.1, -0.05) is 0 Å². The number of amides is 1. The van der Waals surface area contributed by atoms with Crippen LogP contribution in [0.2, 0.25) is 0 Å². The van der Waals surface area contributed by atoms with Crippen LogP contribution in [0.1, 0.15) is 45.9 Å². The number of carbonyl (C=O) groups excluding carboxylic acids is 1. The van der Waals surface area contributed by atoms with E-state index in [4.69, 9.17) is 9.47 Å². The predicted molar refractivity (Wildman–Crippen MR) is 76.5 cm³/mol. The Morgan fingerprint density at radius 2 is 2.25 bits per heavy atom. The molecule has 2 heterocycles. The third-order valence-electron chi connectivity index (χ3n) is 3.25. The Morgan fingerprint density at radius 1 is 1.50 bits per heavy atom. The van der Waals surface area contributed by atoms with Gasteiger partial charge in [-0.05, 0) is 46.2 Å². The molecule has 112 valence electrons. The van der Waals surface area contributed by atoms with Gasteiger partial charge in [0, 0.05) is 18.4 Å². The summed E-state index contributed by atoms with van der Waals surface area (Å²) in [5.74, 6) is 0. The molecule has 1 unspecified atom stereocenters. The van der Waals surface area contributed by atoms with Crippen LogP contribution in [-0.4, -0.2) is 40.8 Å². The van der Waals surface area contributed by atoms with Crippen LogP contribution in [0, 0.1) is 0 Å². The monoisotopic (exact) mass is 280 g/mol. The van der Waals surface area contributed by atoms with E-state index in [-0.39, 0.29) is 18.3 Å². The highest BCUT2D eigenvalue weighted by Gasteiger charge is 2.31. The molecular formula is C15H24N2O3. The Hall–Kier alpha value is -1.49. The number of aromatic amines is 1. The number of nitrogens with one attached hydrogen (secondary N) is 1. The van der Waals surface area contributed by atoms with Crippen molar-refractivity contribution in [3.63, 3.8) is 0 Å². The van der Waals surface area contributed by atoms with E-state index in [1.807, 2.05) is 46.0 Å². The number of hydrogen-bond acceptors (Lipinski definition) is 3. The highest BCUT2D eigenvalue weighted by atomic mass is 16.6. The normalized spacial score (nSPS) is 21.0. The molecule has 2 rings (SSSR count). The lowest BCUT2D eigenvalue weighted by molar-refractivity contribution is -0.00538. The van der Waals surface area contributed by atoms with Crippen LogP contribution in [0.15, 0.2) is 18.3 Å². The molecule has 1 N–H and O–H groups in total. The van der Waals surface area contributed by atoms with E-state index in [1.54, 1.807) is 4.90 Å². The van der Waals surface area contributed by atoms with Crippen LogP contribution < -0.4 is 0 Å². The molecule has 1 aliphatic heterocycles. The molecule has 1 aromatic rings. The summed E-state index contributed by atoms with van der Waals surface area (Å²) in [6.45, 7) is 8.94. The third-order valence-corrected chi connectivity index (χ3v) is 3.25. The number of carbonyl (C=O) groups is 1. The summed E-state index contributed by atoms with van der Waals surface area (Å²) in [6, 6.07) is 3.96. The van der Waals surface area contributed by atoms with Crippen molar-refractivity contribution in [2.24, 2.45) is 0 Å². The topological polar surface area (TPSA) is 54.6 Å². The van der Waals surface area contributed by atoms with Gasteiger partial charge in [0.25, 0.3) is 0 Å². The van der Waals surface area contributed by atoms with E-state index in [9.17, 15) is 4.79 Å². The van der Waals surface area contributed by atoms with Crippen LogP contribution in [-0.2, 0) is 9.47 Å². The Bertz CT molecular complexity index is 436. The quantitative estimate of drug-likeness (QED) is 0.925. The lowest BCUT2D eigenvalue weighted by atomic mass is 10.2. The number of rotatable bonds is 3. The molecule has 1 amide bonds. The van der Waals surface area contributed by atoms with Crippen molar-refractivity contribution in [1.82, 2.24) is 9.88 Å². The Balaban J connectivity index is 1.82. The lowest BCUT2D eigenvalue weighted by Gasteiger charge is -2.24. The van der Waals surface area contributed by atoms with E-state index in [0.29, 0.717) is 13.1 Å². The fourth-order valence-electron chi connectivity index (χ4n) is 2.29. The number of aromatic nitrogens is 1. The minimum Gasteiger partial charge on any atom is -0.444 e. The zero-order chi connectivity index (χ0) is 14.8. The van der Waals surface area contributed by atoms with Gasteiger partial charge in [-0.3, -0.25) is 0 Å². The molecule has 0 aromatic carbocycles. The second kappa shape index (κ2) is 5.87. The Morgan fingerprint density at radius 3 is 2.85 bits per heavy atom. The van der Waals surface area contributed by atoms with Crippen molar-refractivity contribution in [3.8, 4) is 0 Å². The molecule has 0 spiro atoms. The molecule has 0 bridgehead atoms. The SMILES string of the molecule is CC(O[C@H]1CCN(C(=O)OC(C)(C)C)C1)c1ccc[nH]1. The van der Waals surface area contributed by atoms with Gasteiger partial charge in [0.1, 0.15) is 5.60 Å². The number of likely N-dealkylation sites (tertiary alicyclic amines) is 1. The molecule has 5 heteroatoms. The van der Waals surface area contributed by atoms with Crippen LogP contribution >= 0.6 is 0 Å². The summed E-state index contributed by atoms with van der Waals surface area (Å²) in [6.07, 6.45) is 2.56. The maximum absolute atomic E-state index is 12.0. The van der Waals surface area contributed by atoms with Gasteiger partial charge in [-0.15, -0.1) is 0 Å². The summed E-state index contributed by atoms with van der Waals surface area (Å²) in [5.41, 5.74) is 0.605. The lowest BCUT2D eigenvalue weighted by Crippen LogP contribution is -2.36. The van der Waals surface area contributed by atoms with Gasteiger partial charge in [0.2, 0.25) is 0 Å². The standard InChI is InChI=1S/C15H24N2O3/c1-11(13-6-5-8-16-13)19-12-7-9-17(10-12)14(18)20-15(2,3)4/h5-6,8,11-12,16H,7,9-10H2,1-4H3/t11?,12-/m0/s1. The van der Waals surface area contributed by atoms with Gasteiger partial charge in [-0.25, -0.2) is 4.79 Å². The van der Waals surface area contributed by atoms with Crippen molar-refractivity contribution < 1.29 is 14.3 Å². The number of nitrogens with zero attached hydrogens (tertiary/aromatic N) is 1. The van der Waals surface area contributed by atoms with Crippen molar-refractivity contribution in [2.75, 3.05) is 13.1 Å². The molecular weight excluding hydrogens is 256 g/mol. The molecule has 0 saturated carbocycles. The summed E-state index contributed by atoms with van der Waals surface area (Å²) in [4.78, 5) is 16.8. The fraction of sp³-hybridized carbons (Fsp3) is 0.667. The van der Waals surface area contributed by atoms with Gasteiger partial charge in [0.05, 0.1) is 18.8 Å². The van der Waals surface area contributed by atoms with Crippen LogP contribution in [0.25, 0.3) is 0 Å². The van der Waals surface area contributed by atoms with Crippen molar-refractivity contribution in [3.05, 3.63) is 24.0 Å². The summed E-state index contributed by atoms with van der Waals surface area (Å²) in [5, 5.41) is 0. The molecule has 2 atom stereocenters.